The van der Waals surface area contributed by atoms with Crippen molar-refractivity contribution in [1.82, 2.24) is 0 Å². The maximum Gasteiger partial charge on any atom is 0.303 e. The Balaban J connectivity index is 2.25. The summed E-state index contributed by atoms with van der Waals surface area (Å²) >= 11 is 0. The fourth-order valence-electron chi connectivity index (χ4n) is 2.53. The number of aryl methyl sites for hydroxylation is 1. The van der Waals surface area contributed by atoms with Crippen LogP contribution in [0.4, 0.5) is 0 Å². The van der Waals surface area contributed by atoms with Crippen molar-refractivity contribution in [2.24, 2.45) is 0 Å². The van der Waals surface area contributed by atoms with Crippen LogP contribution in [0.2, 0.25) is 0 Å². The van der Waals surface area contributed by atoms with Crippen LogP contribution in [0.1, 0.15) is 30.9 Å². The van der Waals surface area contributed by atoms with E-state index < -0.39 is 5.97 Å². The monoisotopic (exact) mass is 264 g/mol. The SMILES string of the molecule is CCc1cc(C2(CCC(=O)O)COC2)ccc1OC. The summed E-state index contributed by atoms with van der Waals surface area (Å²) in [5.41, 5.74) is 2.19. The normalized spacial score (nSPS) is 16.7. The summed E-state index contributed by atoms with van der Waals surface area (Å²) in [6.45, 7) is 3.30. The second-order valence-corrected chi connectivity index (χ2v) is 5.05. The van der Waals surface area contributed by atoms with Crippen LogP contribution in [0.25, 0.3) is 0 Å². The molecule has 2 rings (SSSR count). The van der Waals surface area contributed by atoms with Crippen molar-refractivity contribution < 1.29 is 19.4 Å². The van der Waals surface area contributed by atoms with E-state index in [4.69, 9.17) is 14.6 Å². The molecule has 104 valence electrons. The number of methoxy groups -OCH3 is 1. The van der Waals surface area contributed by atoms with Crippen LogP contribution >= 0.6 is 0 Å². The Labute approximate surface area is 113 Å². The van der Waals surface area contributed by atoms with E-state index in [1.807, 2.05) is 12.1 Å². The lowest BCUT2D eigenvalue weighted by molar-refractivity contribution is -0.139. The first-order valence-corrected chi connectivity index (χ1v) is 6.58. The van der Waals surface area contributed by atoms with Crippen LogP contribution in [0.5, 0.6) is 5.75 Å². The number of aliphatic carboxylic acids is 1. The molecule has 1 fully saturated rings. The number of hydrogen-bond donors (Lipinski definition) is 1. The maximum atomic E-state index is 10.8. The lowest BCUT2D eigenvalue weighted by Crippen LogP contribution is -2.47. The van der Waals surface area contributed by atoms with Gasteiger partial charge >= 0.3 is 5.97 Å². The van der Waals surface area contributed by atoms with Crippen LogP contribution in [0, 0.1) is 0 Å². The molecule has 0 unspecified atom stereocenters. The summed E-state index contributed by atoms with van der Waals surface area (Å²) in [7, 11) is 1.67. The second kappa shape index (κ2) is 5.61. The predicted molar refractivity (Wildman–Crippen MR) is 71.7 cm³/mol. The minimum Gasteiger partial charge on any atom is -0.496 e. The van der Waals surface area contributed by atoms with Crippen molar-refractivity contribution in [1.29, 1.82) is 0 Å². The van der Waals surface area contributed by atoms with E-state index in [1.54, 1.807) is 7.11 Å². The van der Waals surface area contributed by atoms with Gasteiger partial charge in [-0.15, -0.1) is 0 Å². The van der Waals surface area contributed by atoms with Gasteiger partial charge in [0.1, 0.15) is 5.75 Å². The van der Waals surface area contributed by atoms with Crippen LogP contribution < -0.4 is 4.74 Å². The Hall–Kier alpha value is -1.55. The third-order valence-electron chi connectivity index (χ3n) is 3.85. The van der Waals surface area contributed by atoms with Crippen molar-refractivity contribution in [3.63, 3.8) is 0 Å². The minimum atomic E-state index is -0.754. The first-order valence-electron chi connectivity index (χ1n) is 6.58. The summed E-state index contributed by atoms with van der Waals surface area (Å²) in [4.78, 5) is 10.8. The van der Waals surface area contributed by atoms with E-state index in [9.17, 15) is 4.79 Å². The summed E-state index contributed by atoms with van der Waals surface area (Å²) in [6.07, 6.45) is 1.70. The van der Waals surface area contributed by atoms with Crippen LogP contribution in [-0.2, 0) is 21.4 Å². The smallest absolute Gasteiger partial charge is 0.303 e. The van der Waals surface area contributed by atoms with Crippen molar-refractivity contribution in [3.05, 3.63) is 29.3 Å². The number of benzene rings is 1. The van der Waals surface area contributed by atoms with Gasteiger partial charge in [0, 0.05) is 11.8 Å². The Morgan fingerprint density at radius 2 is 2.21 bits per heavy atom. The first-order chi connectivity index (χ1) is 9.11. The Morgan fingerprint density at radius 1 is 1.47 bits per heavy atom. The van der Waals surface area contributed by atoms with Crippen LogP contribution in [0.3, 0.4) is 0 Å². The van der Waals surface area contributed by atoms with E-state index in [1.165, 1.54) is 0 Å². The number of ether oxygens (including phenoxy) is 2. The molecule has 1 aromatic rings. The van der Waals surface area contributed by atoms with E-state index in [0.717, 1.165) is 23.3 Å². The minimum absolute atomic E-state index is 0.130. The van der Waals surface area contributed by atoms with Crippen LogP contribution in [-0.4, -0.2) is 31.4 Å². The third-order valence-corrected chi connectivity index (χ3v) is 3.85. The van der Waals surface area contributed by atoms with E-state index in [0.29, 0.717) is 19.6 Å². The van der Waals surface area contributed by atoms with Gasteiger partial charge in [-0.3, -0.25) is 4.79 Å². The molecule has 1 aliphatic rings. The van der Waals surface area contributed by atoms with Crippen molar-refractivity contribution in [3.8, 4) is 5.75 Å². The third kappa shape index (κ3) is 2.73. The number of carbonyl (C=O) groups is 1. The van der Waals surface area contributed by atoms with Crippen molar-refractivity contribution in [2.75, 3.05) is 20.3 Å². The van der Waals surface area contributed by atoms with Gasteiger partial charge in [-0.05, 0) is 30.0 Å². The zero-order valence-corrected chi connectivity index (χ0v) is 11.4. The zero-order valence-electron chi connectivity index (χ0n) is 11.4. The quantitative estimate of drug-likeness (QED) is 0.857. The number of rotatable bonds is 6. The molecule has 1 aliphatic heterocycles. The van der Waals surface area contributed by atoms with Crippen LogP contribution in [0.15, 0.2) is 18.2 Å². The highest BCUT2D eigenvalue weighted by molar-refractivity contribution is 5.67. The van der Waals surface area contributed by atoms with Gasteiger partial charge in [0.15, 0.2) is 0 Å². The molecule has 0 aliphatic carbocycles. The van der Waals surface area contributed by atoms with E-state index in [-0.39, 0.29) is 11.8 Å². The lowest BCUT2D eigenvalue weighted by Gasteiger charge is -2.42. The van der Waals surface area contributed by atoms with E-state index in [2.05, 4.69) is 13.0 Å². The molecule has 0 atom stereocenters. The Morgan fingerprint density at radius 3 is 2.68 bits per heavy atom. The highest BCUT2D eigenvalue weighted by Crippen LogP contribution is 2.38. The lowest BCUT2D eigenvalue weighted by atomic mass is 9.74. The Bertz CT molecular complexity index is 463. The number of carboxylic acid groups (broad SMARTS) is 1. The van der Waals surface area contributed by atoms with Gasteiger partial charge in [0.25, 0.3) is 0 Å². The average Bonchev–Trinajstić information content (AvgIpc) is 2.36. The summed E-state index contributed by atoms with van der Waals surface area (Å²) in [5, 5.41) is 8.87. The highest BCUT2D eigenvalue weighted by atomic mass is 16.5. The molecule has 0 spiro atoms. The highest BCUT2D eigenvalue weighted by Gasteiger charge is 2.40. The molecule has 1 saturated heterocycles. The standard InChI is InChI=1S/C15H20O4/c1-3-11-8-12(4-5-13(11)18-2)15(9-19-10-15)7-6-14(16)17/h4-5,8H,3,6-7,9-10H2,1-2H3,(H,16,17). The summed E-state index contributed by atoms with van der Waals surface area (Å²) in [5.74, 6) is 0.135. The molecule has 1 N–H and O–H groups in total. The predicted octanol–water partition coefficient (Wildman–Crippen LogP) is 2.39. The zero-order chi connectivity index (χ0) is 13.9. The average molecular weight is 264 g/mol. The molecule has 0 aromatic heterocycles. The molecular weight excluding hydrogens is 244 g/mol. The number of carboxylic acids is 1. The number of hydrogen-bond acceptors (Lipinski definition) is 3. The fourth-order valence-corrected chi connectivity index (χ4v) is 2.53. The topological polar surface area (TPSA) is 55.8 Å². The molecule has 0 amide bonds. The molecule has 0 radical (unpaired) electrons. The van der Waals surface area contributed by atoms with Gasteiger partial charge in [-0.2, -0.15) is 0 Å². The molecule has 1 aromatic carbocycles. The van der Waals surface area contributed by atoms with Gasteiger partial charge in [-0.25, -0.2) is 0 Å². The molecule has 0 saturated carbocycles. The Kier molecular flexibility index (Phi) is 4.10. The molecule has 4 nitrogen and oxygen atoms in total. The summed E-state index contributed by atoms with van der Waals surface area (Å²) in [6, 6.07) is 6.13. The van der Waals surface area contributed by atoms with E-state index >= 15 is 0 Å². The van der Waals surface area contributed by atoms with Crippen molar-refractivity contribution >= 4 is 5.97 Å². The maximum absolute atomic E-state index is 10.8. The summed E-state index contributed by atoms with van der Waals surface area (Å²) < 4.78 is 10.7. The first kappa shape index (κ1) is 13.9. The molecule has 0 bridgehead atoms. The van der Waals surface area contributed by atoms with Gasteiger partial charge in [-0.1, -0.05) is 19.1 Å². The largest absolute Gasteiger partial charge is 0.496 e. The fraction of sp³-hybridized carbons (Fsp3) is 0.533. The van der Waals surface area contributed by atoms with Gasteiger partial charge in [0.05, 0.1) is 20.3 Å². The molecule has 19 heavy (non-hydrogen) atoms. The molecular formula is C15H20O4. The second-order valence-electron chi connectivity index (χ2n) is 5.05. The van der Waals surface area contributed by atoms with Gasteiger partial charge < -0.3 is 14.6 Å². The van der Waals surface area contributed by atoms with Gasteiger partial charge in [0.2, 0.25) is 0 Å². The van der Waals surface area contributed by atoms with Crippen molar-refractivity contribution in [2.45, 2.75) is 31.6 Å². The molecule has 1 heterocycles. The molecule has 4 heteroatoms.